The minimum absolute atomic E-state index is 0.625. The summed E-state index contributed by atoms with van der Waals surface area (Å²) in [5, 5.41) is 6.66. The standard InChI is InChI=1S/C18H25N3OS/c1-4-19-18(21-13-17-10-9-14(3)23-17)20-12-15-7-6-8-16(11-15)22-5-2/h6-11H,4-5,12-13H2,1-3H3,(H2,19,20,21). The van der Waals surface area contributed by atoms with Gasteiger partial charge in [0.2, 0.25) is 0 Å². The molecule has 0 spiro atoms. The van der Waals surface area contributed by atoms with Gasteiger partial charge in [0.15, 0.2) is 5.96 Å². The molecule has 1 heterocycles. The van der Waals surface area contributed by atoms with Gasteiger partial charge in [0.25, 0.3) is 0 Å². The third-order valence-electron chi connectivity index (χ3n) is 3.20. The van der Waals surface area contributed by atoms with E-state index in [-0.39, 0.29) is 0 Å². The summed E-state index contributed by atoms with van der Waals surface area (Å²) in [6, 6.07) is 12.4. The number of thiophene rings is 1. The Bertz CT molecular complexity index is 637. The molecule has 0 amide bonds. The fourth-order valence-corrected chi connectivity index (χ4v) is 2.99. The quantitative estimate of drug-likeness (QED) is 0.600. The van der Waals surface area contributed by atoms with Crippen LogP contribution in [-0.2, 0) is 13.1 Å². The summed E-state index contributed by atoms with van der Waals surface area (Å²) >= 11 is 1.81. The monoisotopic (exact) mass is 331 g/mol. The van der Waals surface area contributed by atoms with E-state index in [1.165, 1.54) is 9.75 Å². The molecule has 0 unspecified atom stereocenters. The van der Waals surface area contributed by atoms with Crippen molar-refractivity contribution in [2.24, 2.45) is 4.99 Å². The highest BCUT2D eigenvalue weighted by Crippen LogP contribution is 2.15. The van der Waals surface area contributed by atoms with Gasteiger partial charge < -0.3 is 15.4 Å². The van der Waals surface area contributed by atoms with Crippen molar-refractivity contribution in [3.63, 3.8) is 0 Å². The van der Waals surface area contributed by atoms with E-state index in [4.69, 9.17) is 4.74 Å². The highest BCUT2D eigenvalue weighted by atomic mass is 32.1. The van der Waals surface area contributed by atoms with E-state index >= 15 is 0 Å². The van der Waals surface area contributed by atoms with Crippen LogP contribution in [0, 0.1) is 6.92 Å². The molecule has 4 nitrogen and oxygen atoms in total. The fraction of sp³-hybridized carbons (Fsp3) is 0.389. The van der Waals surface area contributed by atoms with Crippen molar-refractivity contribution in [1.29, 1.82) is 0 Å². The third-order valence-corrected chi connectivity index (χ3v) is 4.20. The molecule has 1 aromatic carbocycles. The molecule has 0 aliphatic heterocycles. The zero-order valence-electron chi connectivity index (χ0n) is 14.1. The van der Waals surface area contributed by atoms with Crippen molar-refractivity contribution in [2.45, 2.75) is 33.9 Å². The van der Waals surface area contributed by atoms with Gasteiger partial charge in [-0.2, -0.15) is 0 Å². The Hall–Kier alpha value is -2.01. The average Bonchev–Trinajstić information content (AvgIpc) is 2.96. The Morgan fingerprint density at radius 1 is 1.17 bits per heavy atom. The van der Waals surface area contributed by atoms with Crippen LogP contribution in [0.1, 0.15) is 29.2 Å². The highest BCUT2D eigenvalue weighted by molar-refractivity contribution is 7.11. The lowest BCUT2D eigenvalue weighted by atomic mass is 10.2. The zero-order valence-corrected chi connectivity index (χ0v) is 14.9. The SMILES string of the molecule is CCNC(=NCc1cccc(OCC)c1)NCc1ccc(C)s1. The molecule has 0 aliphatic carbocycles. The lowest BCUT2D eigenvalue weighted by Gasteiger charge is -2.11. The number of rotatable bonds is 7. The number of hydrogen-bond donors (Lipinski definition) is 2. The number of aliphatic imine (C=N–C) groups is 1. The van der Waals surface area contributed by atoms with Crippen molar-refractivity contribution in [1.82, 2.24) is 10.6 Å². The predicted octanol–water partition coefficient (Wildman–Crippen LogP) is 3.71. The Morgan fingerprint density at radius 2 is 2.04 bits per heavy atom. The maximum Gasteiger partial charge on any atom is 0.191 e. The van der Waals surface area contributed by atoms with Gasteiger partial charge in [-0.05, 0) is 50.6 Å². The van der Waals surface area contributed by atoms with Crippen LogP contribution in [0.2, 0.25) is 0 Å². The number of ether oxygens (including phenoxy) is 1. The van der Waals surface area contributed by atoms with Crippen LogP contribution in [-0.4, -0.2) is 19.1 Å². The Labute approximate surface area is 142 Å². The number of aryl methyl sites for hydroxylation is 1. The molecule has 1 aromatic heterocycles. The average molecular weight is 331 g/mol. The number of nitrogens with one attached hydrogen (secondary N) is 2. The van der Waals surface area contributed by atoms with Crippen LogP contribution >= 0.6 is 11.3 Å². The molecule has 0 fully saturated rings. The van der Waals surface area contributed by atoms with E-state index in [2.05, 4.69) is 47.7 Å². The van der Waals surface area contributed by atoms with E-state index in [1.54, 1.807) is 0 Å². The van der Waals surface area contributed by atoms with Gasteiger partial charge in [0.05, 0.1) is 19.7 Å². The molecule has 23 heavy (non-hydrogen) atoms. The van der Waals surface area contributed by atoms with Crippen molar-refractivity contribution in [3.8, 4) is 5.75 Å². The van der Waals surface area contributed by atoms with Crippen molar-refractivity contribution < 1.29 is 4.74 Å². The second-order valence-electron chi connectivity index (χ2n) is 5.14. The highest BCUT2D eigenvalue weighted by Gasteiger charge is 2.01. The molecular weight excluding hydrogens is 306 g/mol. The van der Waals surface area contributed by atoms with Crippen LogP contribution in [0.5, 0.6) is 5.75 Å². The lowest BCUT2D eigenvalue weighted by Crippen LogP contribution is -2.36. The fourth-order valence-electron chi connectivity index (χ4n) is 2.16. The van der Waals surface area contributed by atoms with Crippen molar-refractivity contribution >= 4 is 17.3 Å². The molecule has 0 saturated carbocycles. The summed E-state index contributed by atoms with van der Waals surface area (Å²) in [7, 11) is 0. The maximum atomic E-state index is 5.53. The van der Waals surface area contributed by atoms with Gasteiger partial charge in [-0.15, -0.1) is 11.3 Å². The Kier molecular flexibility index (Phi) is 6.94. The normalized spacial score (nSPS) is 11.3. The minimum Gasteiger partial charge on any atom is -0.494 e. The molecule has 0 aliphatic rings. The van der Waals surface area contributed by atoms with Crippen LogP contribution in [0.15, 0.2) is 41.4 Å². The van der Waals surface area contributed by atoms with E-state index < -0.39 is 0 Å². The van der Waals surface area contributed by atoms with E-state index in [0.717, 1.165) is 30.4 Å². The molecule has 2 aromatic rings. The molecule has 0 radical (unpaired) electrons. The first-order chi connectivity index (χ1) is 11.2. The van der Waals surface area contributed by atoms with Crippen LogP contribution in [0.3, 0.4) is 0 Å². The minimum atomic E-state index is 0.625. The molecule has 2 N–H and O–H groups in total. The summed E-state index contributed by atoms with van der Waals surface area (Å²) < 4.78 is 5.53. The summed E-state index contributed by atoms with van der Waals surface area (Å²) in [5.41, 5.74) is 1.14. The van der Waals surface area contributed by atoms with Gasteiger partial charge in [-0.3, -0.25) is 0 Å². The summed E-state index contributed by atoms with van der Waals surface area (Å²) in [6.07, 6.45) is 0. The van der Waals surface area contributed by atoms with E-state index in [0.29, 0.717) is 13.2 Å². The molecule has 124 valence electrons. The van der Waals surface area contributed by atoms with E-state index in [9.17, 15) is 0 Å². The molecular formula is C18H25N3OS. The molecule has 5 heteroatoms. The number of hydrogen-bond acceptors (Lipinski definition) is 3. The Morgan fingerprint density at radius 3 is 2.74 bits per heavy atom. The van der Waals surface area contributed by atoms with Gasteiger partial charge in [0.1, 0.15) is 5.75 Å². The van der Waals surface area contributed by atoms with E-state index in [1.807, 2.05) is 36.5 Å². The number of nitrogens with zero attached hydrogens (tertiary/aromatic N) is 1. The van der Waals surface area contributed by atoms with Crippen molar-refractivity contribution in [3.05, 3.63) is 51.7 Å². The molecule has 0 saturated heterocycles. The van der Waals surface area contributed by atoms with Gasteiger partial charge in [-0.1, -0.05) is 12.1 Å². The second-order valence-corrected chi connectivity index (χ2v) is 6.51. The van der Waals surface area contributed by atoms with Gasteiger partial charge >= 0.3 is 0 Å². The van der Waals surface area contributed by atoms with Crippen LogP contribution in [0.4, 0.5) is 0 Å². The maximum absolute atomic E-state index is 5.53. The van der Waals surface area contributed by atoms with Crippen molar-refractivity contribution in [2.75, 3.05) is 13.2 Å². The molecule has 2 rings (SSSR count). The first-order valence-electron chi connectivity index (χ1n) is 8.00. The smallest absolute Gasteiger partial charge is 0.191 e. The zero-order chi connectivity index (χ0) is 16.5. The lowest BCUT2D eigenvalue weighted by molar-refractivity contribution is 0.340. The largest absolute Gasteiger partial charge is 0.494 e. The first-order valence-corrected chi connectivity index (χ1v) is 8.82. The Balaban J connectivity index is 1.96. The predicted molar refractivity (Wildman–Crippen MR) is 98.3 cm³/mol. The topological polar surface area (TPSA) is 45.7 Å². The first kappa shape index (κ1) is 17.3. The number of guanidine groups is 1. The summed E-state index contributed by atoms with van der Waals surface area (Å²) in [6.45, 7) is 9.12. The van der Waals surface area contributed by atoms with Gasteiger partial charge in [-0.25, -0.2) is 4.99 Å². The van der Waals surface area contributed by atoms with Crippen LogP contribution in [0.25, 0.3) is 0 Å². The van der Waals surface area contributed by atoms with Crippen LogP contribution < -0.4 is 15.4 Å². The second kappa shape index (κ2) is 9.20. The molecule has 0 bridgehead atoms. The van der Waals surface area contributed by atoms with Gasteiger partial charge in [0, 0.05) is 16.3 Å². The number of benzene rings is 1. The summed E-state index contributed by atoms with van der Waals surface area (Å²) in [4.78, 5) is 7.29. The molecule has 0 atom stereocenters. The third kappa shape index (κ3) is 5.94. The summed E-state index contributed by atoms with van der Waals surface area (Å²) in [5.74, 6) is 1.73.